The number of dihydropyridines is 1. The lowest BCUT2D eigenvalue weighted by atomic mass is 9.80. The Balaban J connectivity index is 2.38. The predicted molar refractivity (Wildman–Crippen MR) is 96.9 cm³/mol. The largest absolute Gasteiger partial charge is 0.361 e. The van der Waals surface area contributed by atoms with Gasteiger partial charge in [0.15, 0.2) is 0 Å². The molecule has 0 bridgehead atoms. The number of amides is 1. The zero-order valence-electron chi connectivity index (χ0n) is 15.0. The number of carbonyl (C=O) groups is 1. The van der Waals surface area contributed by atoms with Gasteiger partial charge in [0, 0.05) is 28.6 Å². The van der Waals surface area contributed by atoms with Crippen LogP contribution < -0.4 is 10.6 Å². The number of nitrogens with zero attached hydrogens (tertiary/aromatic N) is 1. The SMILES string of the molecule is CC1=C(C#N)C(CC(C)C)C(C(=O)Nc2ccccc2C)=C(C)N1. The lowest BCUT2D eigenvalue weighted by molar-refractivity contribution is -0.113. The van der Waals surface area contributed by atoms with Crippen LogP contribution >= 0.6 is 0 Å². The number of allylic oxidation sites excluding steroid dienone is 3. The van der Waals surface area contributed by atoms with Crippen molar-refractivity contribution in [3.05, 3.63) is 52.4 Å². The van der Waals surface area contributed by atoms with Gasteiger partial charge < -0.3 is 10.6 Å². The van der Waals surface area contributed by atoms with Crippen molar-refractivity contribution in [2.45, 2.75) is 41.0 Å². The fraction of sp³-hybridized carbons (Fsp3) is 0.400. The summed E-state index contributed by atoms with van der Waals surface area (Å²) >= 11 is 0. The molecule has 0 aliphatic carbocycles. The highest BCUT2D eigenvalue weighted by atomic mass is 16.1. The normalized spacial score (nSPS) is 17.6. The van der Waals surface area contributed by atoms with E-state index in [4.69, 9.17) is 0 Å². The minimum absolute atomic E-state index is 0.139. The average Bonchev–Trinajstić information content (AvgIpc) is 2.49. The monoisotopic (exact) mass is 323 g/mol. The number of carbonyl (C=O) groups excluding carboxylic acids is 1. The van der Waals surface area contributed by atoms with Crippen LogP contribution in [0, 0.1) is 30.1 Å². The molecule has 4 nitrogen and oxygen atoms in total. The van der Waals surface area contributed by atoms with Crippen molar-refractivity contribution in [1.29, 1.82) is 5.26 Å². The van der Waals surface area contributed by atoms with Crippen LogP contribution in [0.4, 0.5) is 5.69 Å². The summed E-state index contributed by atoms with van der Waals surface area (Å²) in [5.41, 5.74) is 4.80. The molecule has 2 rings (SSSR count). The number of hydrogen-bond donors (Lipinski definition) is 2. The molecule has 0 radical (unpaired) electrons. The minimum Gasteiger partial charge on any atom is -0.361 e. The quantitative estimate of drug-likeness (QED) is 0.869. The van der Waals surface area contributed by atoms with Gasteiger partial charge in [0.25, 0.3) is 5.91 Å². The first-order chi connectivity index (χ1) is 11.3. The summed E-state index contributed by atoms with van der Waals surface area (Å²) in [6.07, 6.45) is 0.774. The Bertz CT molecular complexity index is 750. The summed E-state index contributed by atoms with van der Waals surface area (Å²) in [6.45, 7) is 9.98. The molecule has 4 heteroatoms. The first kappa shape index (κ1) is 17.8. The molecule has 0 saturated heterocycles. The van der Waals surface area contributed by atoms with E-state index in [-0.39, 0.29) is 11.8 Å². The maximum absolute atomic E-state index is 12.9. The average molecular weight is 323 g/mol. The van der Waals surface area contributed by atoms with Gasteiger partial charge in [0.2, 0.25) is 0 Å². The molecule has 1 aliphatic heterocycles. The van der Waals surface area contributed by atoms with Gasteiger partial charge in [-0.25, -0.2) is 0 Å². The lowest BCUT2D eigenvalue weighted by Crippen LogP contribution is -2.32. The number of nitriles is 1. The Labute approximate surface area is 144 Å². The molecular formula is C20H25N3O. The molecule has 1 heterocycles. The summed E-state index contributed by atoms with van der Waals surface area (Å²) in [7, 11) is 0. The lowest BCUT2D eigenvalue weighted by Gasteiger charge is -2.29. The Hall–Kier alpha value is -2.54. The van der Waals surface area contributed by atoms with Crippen molar-refractivity contribution in [2.75, 3.05) is 5.32 Å². The van der Waals surface area contributed by atoms with Crippen molar-refractivity contribution in [3.63, 3.8) is 0 Å². The van der Waals surface area contributed by atoms with Crippen molar-refractivity contribution in [2.24, 2.45) is 11.8 Å². The Morgan fingerprint density at radius 2 is 1.92 bits per heavy atom. The van der Waals surface area contributed by atoms with E-state index in [2.05, 4.69) is 30.6 Å². The Kier molecular flexibility index (Phi) is 5.46. The first-order valence-electron chi connectivity index (χ1n) is 8.30. The van der Waals surface area contributed by atoms with Crippen LogP contribution in [0.25, 0.3) is 0 Å². The zero-order valence-corrected chi connectivity index (χ0v) is 15.0. The summed E-state index contributed by atoms with van der Waals surface area (Å²) in [4.78, 5) is 12.9. The number of aryl methyl sites for hydroxylation is 1. The Morgan fingerprint density at radius 3 is 2.50 bits per heavy atom. The number of nitrogens with one attached hydrogen (secondary N) is 2. The molecular weight excluding hydrogens is 298 g/mol. The highest BCUT2D eigenvalue weighted by molar-refractivity contribution is 6.05. The van der Waals surface area contributed by atoms with E-state index in [1.165, 1.54) is 0 Å². The maximum atomic E-state index is 12.9. The number of para-hydroxylation sites is 1. The molecule has 126 valence electrons. The van der Waals surface area contributed by atoms with Gasteiger partial charge >= 0.3 is 0 Å². The van der Waals surface area contributed by atoms with Crippen molar-refractivity contribution in [3.8, 4) is 6.07 Å². The van der Waals surface area contributed by atoms with E-state index >= 15 is 0 Å². The molecule has 0 spiro atoms. The summed E-state index contributed by atoms with van der Waals surface area (Å²) in [5.74, 6) is 0.0822. The second kappa shape index (κ2) is 7.35. The van der Waals surface area contributed by atoms with Crippen molar-refractivity contribution < 1.29 is 4.79 Å². The fourth-order valence-electron chi connectivity index (χ4n) is 3.18. The van der Waals surface area contributed by atoms with E-state index in [0.29, 0.717) is 17.1 Å². The molecule has 0 saturated carbocycles. The van der Waals surface area contributed by atoms with Crippen LogP contribution in [0.1, 0.15) is 39.7 Å². The summed E-state index contributed by atoms with van der Waals surface area (Å²) in [6, 6.07) is 10.00. The van der Waals surface area contributed by atoms with Gasteiger partial charge in [0.1, 0.15) is 0 Å². The van der Waals surface area contributed by atoms with Crippen LogP contribution in [0.2, 0.25) is 0 Å². The maximum Gasteiger partial charge on any atom is 0.253 e. The van der Waals surface area contributed by atoms with Gasteiger partial charge in [-0.3, -0.25) is 4.79 Å². The van der Waals surface area contributed by atoms with Crippen LogP contribution in [0.5, 0.6) is 0 Å². The van der Waals surface area contributed by atoms with E-state index < -0.39 is 0 Å². The molecule has 2 N–H and O–H groups in total. The van der Waals surface area contributed by atoms with Gasteiger partial charge in [0.05, 0.1) is 11.6 Å². The molecule has 1 unspecified atom stereocenters. The van der Waals surface area contributed by atoms with E-state index in [1.807, 2.05) is 45.0 Å². The number of hydrogen-bond acceptors (Lipinski definition) is 3. The second-order valence-electron chi connectivity index (χ2n) is 6.77. The molecule has 24 heavy (non-hydrogen) atoms. The number of anilines is 1. The van der Waals surface area contributed by atoms with Crippen LogP contribution in [-0.2, 0) is 4.79 Å². The minimum atomic E-state index is -0.166. The predicted octanol–water partition coefficient (Wildman–Crippen LogP) is 4.27. The third kappa shape index (κ3) is 3.68. The highest BCUT2D eigenvalue weighted by Crippen LogP contribution is 2.34. The second-order valence-corrected chi connectivity index (χ2v) is 6.77. The van der Waals surface area contributed by atoms with Gasteiger partial charge in [-0.15, -0.1) is 0 Å². The van der Waals surface area contributed by atoms with E-state index in [0.717, 1.165) is 29.1 Å². The fourth-order valence-corrected chi connectivity index (χ4v) is 3.18. The molecule has 1 aliphatic rings. The number of rotatable bonds is 4. The van der Waals surface area contributed by atoms with Crippen molar-refractivity contribution in [1.82, 2.24) is 5.32 Å². The molecule has 1 aromatic rings. The molecule has 0 aromatic heterocycles. The van der Waals surface area contributed by atoms with Crippen LogP contribution in [0.3, 0.4) is 0 Å². The first-order valence-corrected chi connectivity index (χ1v) is 8.30. The van der Waals surface area contributed by atoms with Crippen molar-refractivity contribution >= 4 is 11.6 Å². The van der Waals surface area contributed by atoms with E-state index in [9.17, 15) is 10.1 Å². The van der Waals surface area contributed by atoms with Crippen LogP contribution in [-0.4, -0.2) is 5.91 Å². The smallest absolute Gasteiger partial charge is 0.253 e. The highest BCUT2D eigenvalue weighted by Gasteiger charge is 2.32. The standard InChI is InChI=1S/C20H25N3O/c1-12(2)10-16-17(11-21)14(4)22-15(5)19(16)20(24)23-18-9-7-6-8-13(18)3/h6-9,12,16,22H,10H2,1-5H3,(H,23,24). The van der Waals surface area contributed by atoms with Gasteiger partial charge in [-0.2, -0.15) is 5.26 Å². The van der Waals surface area contributed by atoms with Gasteiger partial charge in [-0.1, -0.05) is 32.0 Å². The third-order valence-electron chi connectivity index (χ3n) is 4.35. The third-order valence-corrected chi connectivity index (χ3v) is 4.35. The molecule has 1 aromatic carbocycles. The topological polar surface area (TPSA) is 64.9 Å². The van der Waals surface area contributed by atoms with Gasteiger partial charge in [-0.05, 0) is 44.7 Å². The summed E-state index contributed by atoms with van der Waals surface area (Å²) in [5, 5.41) is 15.8. The molecule has 0 fully saturated rings. The summed E-state index contributed by atoms with van der Waals surface area (Å²) < 4.78 is 0. The molecule has 1 amide bonds. The number of benzene rings is 1. The van der Waals surface area contributed by atoms with E-state index in [1.54, 1.807) is 0 Å². The Morgan fingerprint density at radius 1 is 1.25 bits per heavy atom. The van der Waals surface area contributed by atoms with Crippen LogP contribution in [0.15, 0.2) is 46.8 Å². The molecule has 1 atom stereocenters. The zero-order chi connectivity index (χ0) is 17.9.